The van der Waals surface area contributed by atoms with E-state index in [1.165, 1.54) is 19.2 Å². The number of methoxy groups -OCH3 is 1. The van der Waals surface area contributed by atoms with Gasteiger partial charge >= 0.3 is 5.97 Å². The highest BCUT2D eigenvalue weighted by Gasteiger charge is 2.23. The molecule has 0 aliphatic carbocycles. The maximum atomic E-state index is 12.3. The molecule has 0 radical (unpaired) electrons. The van der Waals surface area contributed by atoms with Gasteiger partial charge in [0, 0.05) is 6.26 Å². The average molecular weight is 341 g/mol. The van der Waals surface area contributed by atoms with E-state index < -0.39 is 27.8 Å². The summed E-state index contributed by atoms with van der Waals surface area (Å²) in [5.74, 6) is -1.75. The maximum Gasteiger partial charge on any atom is 0.326 e. The van der Waals surface area contributed by atoms with Crippen LogP contribution >= 0.6 is 0 Å². The molecule has 1 atom stereocenters. The van der Waals surface area contributed by atoms with E-state index in [0.29, 0.717) is 6.42 Å². The Morgan fingerprint density at radius 2 is 2.09 bits per heavy atom. The van der Waals surface area contributed by atoms with Gasteiger partial charge in [-0.05, 0) is 31.0 Å². The van der Waals surface area contributed by atoms with Crippen LogP contribution in [0.5, 0.6) is 5.75 Å². The van der Waals surface area contributed by atoms with Crippen LogP contribution in [0.2, 0.25) is 0 Å². The van der Waals surface area contributed by atoms with E-state index in [-0.39, 0.29) is 22.6 Å². The zero-order chi connectivity index (χ0) is 17.6. The Morgan fingerprint density at radius 1 is 1.43 bits per heavy atom. The Labute approximate surface area is 134 Å². The fraction of sp³-hybridized carbons (Fsp3) is 0.333. The Hall–Kier alpha value is -2.35. The summed E-state index contributed by atoms with van der Waals surface area (Å²) in [4.78, 5) is 23.4. The van der Waals surface area contributed by atoms with Crippen molar-refractivity contribution in [3.8, 4) is 5.75 Å². The molecule has 0 aromatic heterocycles. The highest BCUT2D eigenvalue weighted by molar-refractivity contribution is 7.90. The number of benzene rings is 1. The lowest BCUT2D eigenvalue weighted by molar-refractivity contribution is -0.139. The van der Waals surface area contributed by atoms with Crippen molar-refractivity contribution in [2.75, 3.05) is 13.4 Å². The van der Waals surface area contributed by atoms with Gasteiger partial charge in [0.1, 0.15) is 11.8 Å². The third-order valence-electron chi connectivity index (χ3n) is 3.11. The first-order valence-electron chi connectivity index (χ1n) is 6.73. The molecule has 2 N–H and O–H groups in total. The van der Waals surface area contributed by atoms with Crippen LogP contribution in [-0.4, -0.2) is 44.8 Å². The first-order chi connectivity index (χ1) is 10.7. The first kappa shape index (κ1) is 18.7. The molecule has 0 saturated carbocycles. The fourth-order valence-corrected chi connectivity index (χ4v) is 2.52. The third kappa shape index (κ3) is 5.10. The smallest absolute Gasteiger partial charge is 0.326 e. The first-order valence-corrected chi connectivity index (χ1v) is 8.62. The van der Waals surface area contributed by atoms with E-state index >= 15 is 0 Å². The monoisotopic (exact) mass is 341 g/mol. The minimum Gasteiger partial charge on any atom is -0.496 e. The van der Waals surface area contributed by atoms with Crippen LogP contribution in [0.25, 0.3) is 0 Å². The number of ether oxygens (including phenoxy) is 1. The zero-order valence-electron chi connectivity index (χ0n) is 12.9. The average Bonchev–Trinajstić information content (AvgIpc) is 2.49. The summed E-state index contributed by atoms with van der Waals surface area (Å²) < 4.78 is 28.2. The predicted octanol–water partition coefficient (Wildman–Crippen LogP) is 1.25. The quantitative estimate of drug-likeness (QED) is 0.689. The van der Waals surface area contributed by atoms with Crippen LogP contribution < -0.4 is 10.1 Å². The van der Waals surface area contributed by atoms with E-state index in [9.17, 15) is 18.0 Å². The number of rotatable bonds is 8. The lowest BCUT2D eigenvalue weighted by atomic mass is 10.1. The second kappa shape index (κ2) is 7.77. The van der Waals surface area contributed by atoms with Gasteiger partial charge in [-0.1, -0.05) is 6.08 Å². The highest BCUT2D eigenvalue weighted by atomic mass is 32.2. The molecule has 1 amide bonds. The van der Waals surface area contributed by atoms with Crippen LogP contribution in [0.15, 0.2) is 35.7 Å². The number of aliphatic carboxylic acids is 1. The van der Waals surface area contributed by atoms with E-state index in [1.807, 2.05) is 0 Å². The Kier molecular flexibility index (Phi) is 6.32. The summed E-state index contributed by atoms with van der Waals surface area (Å²) in [5.41, 5.74) is -0.0414. The maximum absolute atomic E-state index is 12.3. The summed E-state index contributed by atoms with van der Waals surface area (Å²) in [6.45, 7) is 3.50. The van der Waals surface area contributed by atoms with E-state index in [4.69, 9.17) is 9.84 Å². The van der Waals surface area contributed by atoms with Crippen LogP contribution in [0.3, 0.4) is 0 Å². The molecule has 1 aromatic rings. The molecule has 0 bridgehead atoms. The topological polar surface area (TPSA) is 110 Å². The summed E-state index contributed by atoms with van der Waals surface area (Å²) in [6, 6.07) is 2.73. The third-order valence-corrected chi connectivity index (χ3v) is 4.22. The normalized spacial score (nSPS) is 12.3. The summed E-state index contributed by atoms with van der Waals surface area (Å²) in [5, 5.41) is 11.5. The summed E-state index contributed by atoms with van der Waals surface area (Å²) in [7, 11) is -2.18. The van der Waals surface area contributed by atoms with Crippen molar-refractivity contribution in [1.82, 2.24) is 5.32 Å². The molecule has 1 rings (SSSR count). The number of carboxylic acids is 1. The van der Waals surface area contributed by atoms with Crippen molar-refractivity contribution in [1.29, 1.82) is 0 Å². The molecule has 126 valence electrons. The van der Waals surface area contributed by atoms with Gasteiger partial charge in [0.05, 0.1) is 17.6 Å². The van der Waals surface area contributed by atoms with Gasteiger partial charge in [0.25, 0.3) is 5.91 Å². The molecule has 0 saturated heterocycles. The molecule has 0 heterocycles. The Morgan fingerprint density at radius 3 is 2.57 bits per heavy atom. The highest BCUT2D eigenvalue weighted by Crippen LogP contribution is 2.22. The number of amides is 1. The Bertz CT molecular complexity index is 711. The molecule has 0 fully saturated rings. The molecule has 7 nitrogen and oxygen atoms in total. The van der Waals surface area contributed by atoms with E-state index in [0.717, 1.165) is 12.3 Å². The molecule has 0 aliphatic heterocycles. The summed E-state index contributed by atoms with van der Waals surface area (Å²) in [6.07, 6.45) is 3.16. The number of allylic oxidation sites excluding steroid dienone is 1. The van der Waals surface area contributed by atoms with Crippen molar-refractivity contribution >= 4 is 21.7 Å². The minimum atomic E-state index is -3.51. The predicted molar refractivity (Wildman–Crippen MR) is 84.4 cm³/mol. The SMILES string of the molecule is C=CCCC(NC(=O)c1cc(S(C)(=O)=O)ccc1OC)C(=O)O. The van der Waals surface area contributed by atoms with Gasteiger partial charge in [-0.25, -0.2) is 13.2 Å². The van der Waals surface area contributed by atoms with Crippen molar-refractivity contribution in [2.24, 2.45) is 0 Å². The lowest BCUT2D eigenvalue weighted by Gasteiger charge is -2.15. The van der Waals surface area contributed by atoms with Crippen LogP contribution in [0.1, 0.15) is 23.2 Å². The van der Waals surface area contributed by atoms with Gasteiger partial charge in [-0.15, -0.1) is 6.58 Å². The Balaban J connectivity index is 3.14. The zero-order valence-corrected chi connectivity index (χ0v) is 13.7. The van der Waals surface area contributed by atoms with Gasteiger partial charge in [0.2, 0.25) is 0 Å². The number of carbonyl (C=O) groups excluding carboxylic acids is 1. The molecular weight excluding hydrogens is 322 g/mol. The van der Waals surface area contributed by atoms with Crippen LogP contribution in [0.4, 0.5) is 0 Å². The summed E-state index contributed by atoms with van der Waals surface area (Å²) >= 11 is 0. The number of nitrogens with one attached hydrogen (secondary N) is 1. The molecule has 0 aliphatic rings. The van der Waals surface area contributed by atoms with E-state index in [1.54, 1.807) is 6.08 Å². The lowest BCUT2D eigenvalue weighted by Crippen LogP contribution is -2.40. The largest absolute Gasteiger partial charge is 0.496 e. The molecule has 1 aromatic carbocycles. The second-order valence-electron chi connectivity index (χ2n) is 4.86. The molecule has 0 spiro atoms. The van der Waals surface area contributed by atoms with Crippen LogP contribution in [0, 0.1) is 0 Å². The number of carboxylic acid groups (broad SMARTS) is 1. The molecule has 1 unspecified atom stereocenters. The number of carbonyl (C=O) groups is 2. The van der Waals surface area contributed by atoms with Gasteiger partial charge in [0.15, 0.2) is 9.84 Å². The van der Waals surface area contributed by atoms with Gasteiger partial charge in [-0.2, -0.15) is 0 Å². The molecular formula is C15H19NO6S. The van der Waals surface area contributed by atoms with Crippen LogP contribution in [-0.2, 0) is 14.6 Å². The van der Waals surface area contributed by atoms with Crippen molar-refractivity contribution in [2.45, 2.75) is 23.8 Å². The second-order valence-corrected chi connectivity index (χ2v) is 6.88. The van der Waals surface area contributed by atoms with Crippen molar-refractivity contribution < 1.29 is 27.9 Å². The number of sulfone groups is 1. The fourth-order valence-electron chi connectivity index (χ4n) is 1.87. The standard InChI is InChI=1S/C15H19NO6S/c1-4-5-6-12(15(18)19)16-14(17)11-9-10(23(3,20)21)7-8-13(11)22-2/h4,7-9,12H,1,5-6H2,2-3H3,(H,16,17)(H,18,19). The molecule has 8 heteroatoms. The number of hydrogen-bond acceptors (Lipinski definition) is 5. The minimum absolute atomic E-state index is 0.0414. The van der Waals surface area contributed by atoms with E-state index in [2.05, 4.69) is 11.9 Å². The van der Waals surface area contributed by atoms with Gasteiger partial charge in [-0.3, -0.25) is 4.79 Å². The van der Waals surface area contributed by atoms with Crippen molar-refractivity contribution in [3.05, 3.63) is 36.4 Å². The van der Waals surface area contributed by atoms with Gasteiger partial charge < -0.3 is 15.2 Å². The van der Waals surface area contributed by atoms with Crippen molar-refractivity contribution in [3.63, 3.8) is 0 Å². The molecule has 23 heavy (non-hydrogen) atoms. The number of hydrogen-bond donors (Lipinski definition) is 2.